The van der Waals surface area contributed by atoms with Gasteiger partial charge < -0.3 is 20.1 Å². The van der Waals surface area contributed by atoms with Gasteiger partial charge in [0.1, 0.15) is 23.2 Å². The summed E-state index contributed by atoms with van der Waals surface area (Å²) >= 11 is 0. The highest BCUT2D eigenvalue weighted by molar-refractivity contribution is 5.96. The van der Waals surface area contributed by atoms with E-state index in [1.807, 2.05) is 14.1 Å². The Morgan fingerprint density at radius 3 is 2.42 bits per heavy atom. The van der Waals surface area contributed by atoms with E-state index < -0.39 is 17.5 Å². The Bertz CT molecular complexity index is 1070. The van der Waals surface area contributed by atoms with Gasteiger partial charge in [-0.25, -0.2) is 13.2 Å². The lowest BCUT2D eigenvalue weighted by molar-refractivity contribution is 0.282. The normalized spacial score (nSPS) is 14.3. The second-order valence-electron chi connectivity index (χ2n) is 7.51. The van der Waals surface area contributed by atoms with Crippen molar-refractivity contribution in [3.05, 3.63) is 65.3 Å². The first-order valence-corrected chi connectivity index (χ1v) is 10.3. The van der Waals surface area contributed by atoms with E-state index in [1.54, 1.807) is 0 Å². The van der Waals surface area contributed by atoms with Crippen molar-refractivity contribution in [2.45, 2.75) is 32.1 Å². The molecule has 4 nitrogen and oxygen atoms in total. The van der Waals surface area contributed by atoms with Crippen LogP contribution in [0.4, 0.5) is 13.2 Å². The van der Waals surface area contributed by atoms with Crippen molar-refractivity contribution in [2.75, 3.05) is 20.7 Å². The van der Waals surface area contributed by atoms with E-state index >= 15 is 0 Å². The molecule has 2 aliphatic rings. The number of aromatic amines is 1. The third-order valence-corrected chi connectivity index (χ3v) is 5.20. The molecule has 0 spiro atoms. The Morgan fingerprint density at radius 1 is 1.06 bits per heavy atom. The van der Waals surface area contributed by atoms with Crippen LogP contribution in [0.1, 0.15) is 31.2 Å². The third-order valence-electron chi connectivity index (χ3n) is 5.20. The van der Waals surface area contributed by atoms with Gasteiger partial charge in [-0.1, -0.05) is 0 Å². The Labute approximate surface area is 179 Å². The Kier molecular flexibility index (Phi) is 7.63. The topological polar surface area (TPSA) is 57.3 Å². The predicted octanol–water partition coefficient (Wildman–Crippen LogP) is 6.03. The van der Waals surface area contributed by atoms with Crippen LogP contribution >= 0.6 is 0 Å². The fraction of sp³-hybridized carbons (Fsp3) is 0.333. The van der Waals surface area contributed by atoms with Crippen LogP contribution in [0.25, 0.3) is 22.0 Å². The maximum Gasteiger partial charge on any atom is 0.140 e. The SMILES string of the molecule is CNC.Fc1ccc2c(-c3c(F)cc4c(c3F)CCCO4)c[nH]c2c1.OC=C1CCC1. The Hall–Kier alpha value is -2.93. The molecule has 7 heteroatoms. The number of aliphatic hydroxyl groups excluding tert-OH is 1. The molecular formula is C24H27F3N2O2. The van der Waals surface area contributed by atoms with Crippen LogP contribution in [0.3, 0.4) is 0 Å². The average molecular weight is 432 g/mol. The van der Waals surface area contributed by atoms with E-state index in [1.165, 1.54) is 48.7 Å². The summed E-state index contributed by atoms with van der Waals surface area (Å²) in [4.78, 5) is 2.86. The summed E-state index contributed by atoms with van der Waals surface area (Å²) in [7, 11) is 3.75. The smallest absolute Gasteiger partial charge is 0.140 e. The standard InChI is InChI=1S/C17H12F3NO.C5H8O.C2H7N/c18-9-3-4-10-12(8-21-14(10)6-9)16-13(19)7-15-11(17(16)20)2-1-5-22-15;6-4-5-2-1-3-5;1-3-2/h3-4,6-8,21H,1-2,5H2;4,6H,1-3H2;3H,1-2H3. The predicted molar refractivity (Wildman–Crippen MR) is 117 cm³/mol. The highest BCUT2D eigenvalue weighted by Gasteiger charge is 2.24. The largest absolute Gasteiger partial charge is 0.516 e. The van der Waals surface area contributed by atoms with Gasteiger partial charge in [0.2, 0.25) is 0 Å². The molecule has 0 saturated heterocycles. The summed E-state index contributed by atoms with van der Waals surface area (Å²) in [5, 5.41) is 11.6. The number of allylic oxidation sites excluding steroid dienone is 1. The van der Waals surface area contributed by atoms with Gasteiger partial charge in [-0.05, 0) is 70.0 Å². The van der Waals surface area contributed by atoms with Crippen molar-refractivity contribution in [2.24, 2.45) is 0 Å². The van der Waals surface area contributed by atoms with Gasteiger partial charge in [0.05, 0.1) is 18.4 Å². The first-order chi connectivity index (χ1) is 15.0. The van der Waals surface area contributed by atoms with Crippen LogP contribution < -0.4 is 10.1 Å². The van der Waals surface area contributed by atoms with Gasteiger partial charge in [-0.15, -0.1) is 0 Å². The molecule has 0 unspecified atom stereocenters. The molecule has 0 radical (unpaired) electrons. The summed E-state index contributed by atoms with van der Waals surface area (Å²) in [6.07, 6.45) is 7.46. The second-order valence-corrected chi connectivity index (χ2v) is 7.51. The van der Waals surface area contributed by atoms with Gasteiger partial charge in [-0.3, -0.25) is 0 Å². The van der Waals surface area contributed by atoms with E-state index in [-0.39, 0.29) is 11.3 Å². The van der Waals surface area contributed by atoms with E-state index in [0.717, 1.165) is 12.8 Å². The number of H-pyrrole nitrogens is 1. The monoisotopic (exact) mass is 432 g/mol. The molecule has 1 aliphatic heterocycles. The van der Waals surface area contributed by atoms with Crippen LogP contribution in [-0.4, -0.2) is 30.8 Å². The zero-order valence-corrected chi connectivity index (χ0v) is 17.7. The molecule has 5 rings (SSSR count). The number of nitrogens with one attached hydrogen (secondary N) is 2. The summed E-state index contributed by atoms with van der Waals surface area (Å²) in [6, 6.07) is 5.33. The quantitative estimate of drug-likeness (QED) is 0.412. The first-order valence-electron chi connectivity index (χ1n) is 10.3. The number of aromatic nitrogens is 1. The molecule has 2 heterocycles. The molecule has 3 N–H and O–H groups in total. The van der Waals surface area contributed by atoms with Crippen molar-refractivity contribution in [1.29, 1.82) is 0 Å². The van der Waals surface area contributed by atoms with Gasteiger partial charge in [0.15, 0.2) is 0 Å². The highest BCUT2D eigenvalue weighted by Crippen LogP contribution is 2.39. The molecule has 166 valence electrons. The molecule has 0 amide bonds. The number of rotatable bonds is 1. The minimum Gasteiger partial charge on any atom is -0.516 e. The second kappa shape index (κ2) is 10.4. The van der Waals surface area contributed by atoms with Crippen LogP contribution in [0.2, 0.25) is 0 Å². The number of hydrogen-bond acceptors (Lipinski definition) is 3. The molecule has 3 aromatic rings. The van der Waals surface area contributed by atoms with Crippen molar-refractivity contribution >= 4 is 10.9 Å². The van der Waals surface area contributed by atoms with E-state index in [2.05, 4.69) is 10.3 Å². The van der Waals surface area contributed by atoms with Gasteiger partial charge >= 0.3 is 0 Å². The van der Waals surface area contributed by atoms with Gasteiger partial charge in [0.25, 0.3) is 0 Å². The summed E-state index contributed by atoms with van der Waals surface area (Å²) in [6.45, 7) is 0.470. The third kappa shape index (κ3) is 5.05. The number of aliphatic hydroxyl groups is 1. The molecule has 1 fully saturated rings. The summed E-state index contributed by atoms with van der Waals surface area (Å²) < 4.78 is 47.7. The zero-order chi connectivity index (χ0) is 22.4. The fourth-order valence-corrected chi connectivity index (χ4v) is 3.49. The van der Waals surface area contributed by atoms with Crippen LogP contribution in [0.15, 0.2) is 42.3 Å². The molecule has 1 aromatic heterocycles. The van der Waals surface area contributed by atoms with Crippen molar-refractivity contribution < 1.29 is 23.0 Å². The molecule has 0 atom stereocenters. The van der Waals surface area contributed by atoms with Crippen LogP contribution in [0, 0.1) is 17.5 Å². The fourth-order valence-electron chi connectivity index (χ4n) is 3.49. The number of fused-ring (bicyclic) bond motifs is 2. The number of benzene rings is 2. The van der Waals surface area contributed by atoms with E-state index in [9.17, 15) is 13.2 Å². The number of halogens is 3. The Balaban J connectivity index is 0.000000255. The molecular weight excluding hydrogens is 405 g/mol. The highest BCUT2D eigenvalue weighted by atomic mass is 19.1. The lowest BCUT2D eigenvalue weighted by atomic mass is 9.94. The van der Waals surface area contributed by atoms with Gasteiger partial charge in [-0.2, -0.15) is 0 Å². The van der Waals surface area contributed by atoms with E-state index in [0.29, 0.717) is 41.5 Å². The van der Waals surface area contributed by atoms with Crippen LogP contribution in [0.5, 0.6) is 5.75 Å². The number of ether oxygens (including phenoxy) is 1. The molecule has 31 heavy (non-hydrogen) atoms. The van der Waals surface area contributed by atoms with Crippen molar-refractivity contribution in [3.8, 4) is 16.9 Å². The lowest BCUT2D eigenvalue weighted by Crippen LogP contribution is -2.11. The molecule has 0 bridgehead atoms. The first kappa shape index (κ1) is 22.7. The maximum absolute atomic E-state index is 14.8. The zero-order valence-electron chi connectivity index (χ0n) is 17.7. The molecule has 1 saturated carbocycles. The maximum atomic E-state index is 14.8. The minimum atomic E-state index is -0.677. The van der Waals surface area contributed by atoms with Crippen molar-refractivity contribution in [3.63, 3.8) is 0 Å². The van der Waals surface area contributed by atoms with Crippen LogP contribution in [-0.2, 0) is 6.42 Å². The lowest BCUT2D eigenvalue weighted by Gasteiger charge is -2.19. The van der Waals surface area contributed by atoms with Gasteiger partial charge in [0, 0.05) is 34.3 Å². The average Bonchev–Trinajstić information content (AvgIpc) is 3.11. The summed E-state index contributed by atoms with van der Waals surface area (Å²) in [5.74, 6) is -1.40. The molecule has 1 aliphatic carbocycles. The number of hydrogen-bond donors (Lipinski definition) is 3. The summed E-state index contributed by atoms with van der Waals surface area (Å²) in [5.41, 5.74) is 2.40. The molecule has 2 aromatic carbocycles. The minimum absolute atomic E-state index is 0.0953. The van der Waals surface area contributed by atoms with E-state index in [4.69, 9.17) is 9.84 Å². The Morgan fingerprint density at radius 2 is 1.81 bits per heavy atom. The van der Waals surface area contributed by atoms with Crippen molar-refractivity contribution in [1.82, 2.24) is 10.3 Å².